The fraction of sp³-hybridized carbons (Fsp3) is 0.417. The number of hydrogen-bond acceptors (Lipinski definition) is 2. The molecule has 0 spiro atoms. The molecule has 0 fully saturated rings. The van der Waals surface area contributed by atoms with E-state index < -0.39 is 11.9 Å². The molecule has 92 valence electrons. The minimum Gasteiger partial charge on any atom is -0.367 e. The second kappa shape index (κ2) is 3.75. The zero-order valence-electron chi connectivity index (χ0n) is 9.89. The highest BCUT2D eigenvalue weighted by Crippen LogP contribution is 2.36. The van der Waals surface area contributed by atoms with E-state index in [1.807, 2.05) is 19.9 Å². The zero-order chi connectivity index (χ0) is 12.8. The van der Waals surface area contributed by atoms with Crippen LogP contribution in [0.15, 0.2) is 17.1 Å². The highest BCUT2D eigenvalue weighted by Gasteiger charge is 2.38. The molecule has 2 rings (SSSR count). The minimum absolute atomic E-state index is 0.195. The summed E-state index contributed by atoms with van der Waals surface area (Å²) in [6.07, 6.45) is -4.36. The monoisotopic (exact) mass is 242 g/mol. The predicted molar refractivity (Wildman–Crippen MR) is 62.3 cm³/mol. The second-order valence-corrected chi connectivity index (χ2v) is 4.34. The molecule has 0 bridgehead atoms. The Hall–Kier alpha value is -1.52. The highest BCUT2D eigenvalue weighted by atomic mass is 19.4. The van der Waals surface area contributed by atoms with Crippen molar-refractivity contribution >= 4 is 17.1 Å². The molecule has 17 heavy (non-hydrogen) atoms. The molecule has 1 aliphatic rings. The number of halogens is 3. The highest BCUT2D eigenvalue weighted by molar-refractivity contribution is 5.99. The lowest BCUT2D eigenvalue weighted by Crippen LogP contribution is -2.37. The lowest BCUT2D eigenvalue weighted by molar-refractivity contribution is -0.0597. The predicted octanol–water partition coefficient (Wildman–Crippen LogP) is 3.39. The van der Waals surface area contributed by atoms with Crippen LogP contribution in [0.3, 0.4) is 0 Å². The van der Waals surface area contributed by atoms with Crippen molar-refractivity contribution < 1.29 is 13.2 Å². The Balaban J connectivity index is 2.56. The quantitative estimate of drug-likeness (QED) is 0.681. The molecular weight excluding hydrogens is 229 g/mol. The van der Waals surface area contributed by atoms with Gasteiger partial charge in [0, 0.05) is 7.05 Å². The molecular formula is C12H13F3N2. The van der Waals surface area contributed by atoms with Crippen LogP contribution in [0.5, 0.6) is 0 Å². The van der Waals surface area contributed by atoms with Crippen molar-refractivity contribution in [1.82, 2.24) is 0 Å². The summed E-state index contributed by atoms with van der Waals surface area (Å²) in [5, 5.41) is 0. The zero-order valence-corrected chi connectivity index (χ0v) is 9.89. The third-order valence-corrected chi connectivity index (χ3v) is 2.97. The Kier molecular flexibility index (Phi) is 2.64. The van der Waals surface area contributed by atoms with Gasteiger partial charge >= 0.3 is 6.18 Å². The maximum atomic E-state index is 12.6. The van der Waals surface area contributed by atoms with E-state index in [9.17, 15) is 13.2 Å². The molecule has 0 aliphatic carbocycles. The number of aryl methyl sites for hydroxylation is 2. The van der Waals surface area contributed by atoms with Crippen molar-refractivity contribution in [2.24, 2.45) is 4.99 Å². The molecule has 0 aromatic heterocycles. The number of alkyl halides is 3. The second-order valence-electron chi connectivity index (χ2n) is 4.34. The van der Waals surface area contributed by atoms with E-state index in [1.165, 1.54) is 0 Å². The van der Waals surface area contributed by atoms with E-state index in [2.05, 4.69) is 4.99 Å². The van der Waals surface area contributed by atoms with Crippen molar-refractivity contribution in [3.8, 4) is 0 Å². The number of rotatable bonds is 0. The van der Waals surface area contributed by atoms with E-state index >= 15 is 0 Å². The van der Waals surface area contributed by atoms with Gasteiger partial charge in [0.2, 0.25) is 0 Å². The molecule has 0 amide bonds. The van der Waals surface area contributed by atoms with Crippen LogP contribution in [0.1, 0.15) is 11.1 Å². The number of fused-ring (bicyclic) bond motifs is 1. The number of nitrogens with zero attached hydrogens (tertiary/aromatic N) is 2. The third kappa shape index (κ3) is 2.14. The van der Waals surface area contributed by atoms with E-state index in [4.69, 9.17) is 0 Å². The van der Waals surface area contributed by atoms with Gasteiger partial charge in [-0.15, -0.1) is 0 Å². The first-order valence-corrected chi connectivity index (χ1v) is 5.26. The standard InChI is InChI=1S/C12H13F3N2/c1-7-4-9-10(5-8(7)2)17(3)6-11(16-9)12(13,14)15/h4-5H,6H2,1-3H3. The van der Waals surface area contributed by atoms with Crippen LogP contribution in [0.25, 0.3) is 0 Å². The Bertz CT molecular complexity index is 489. The fourth-order valence-corrected chi connectivity index (χ4v) is 1.82. The van der Waals surface area contributed by atoms with Crippen molar-refractivity contribution in [3.63, 3.8) is 0 Å². The van der Waals surface area contributed by atoms with Gasteiger partial charge in [0.05, 0.1) is 17.9 Å². The Morgan fingerprint density at radius 2 is 1.76 bits per heavy atom. The van der Waals surface area contributed by atoms with Gasteiger partial charge in [0.25, 0.3) is 0 Å². The summed E-state index contributed by atoms with van der Waals surface area (Å²) >= 11 is 0. The maximum Gasteiger partial charge on any atom is 0.431 e. The number of anilines is 1. The molecule has 1 heterocycles. The molecule has 0 saturated carbocycles. The van der Waals surface area contributed by atoms with Gasteiger partial charge in [0.1, 0.15) is 5.71 Å². The molecule has 1 aromatic carbocycles. The summed E-state index contributed by atoms with van der Waals surface area (Å²) in [6, 6.07) is 3.58. The SMILES string of the molecule is Cc1cc2c(cc1C)N(C)CC(C(F)(F)F)=N2. The van der Waals surface area contributed by atoms with Gasteiger partial charge < -0.3 is 4.90 Å². The summed E-state index contributed by atoms with van der Waals surface area (Å²) in [4.78, 5) is 5.30. The average Bonchev–Trinajstić information content (AvgIpc) is 2.19. The van der Waals surface area contributed by atoms with Crippen molar-refractivity contribution in [2.45, 2.75) is 20.0 Å². The first-order chi connectivity index (χ1) is 7.79. The first-order valence-electron chi connectivity index (χ1n) is 5.26. The summed E-state index contributed by atoms with van der Waals surface area (Å²) in [6.45, 7) is 3.61. The van der Waals surface area contributed by atoms with E-state index in [0.29, 0.717) is 5.69 Å². The van der Waals surface area contributed by atoms with Crippen LogP contribution in [0.2, 0.25) is 0 Å². The van der Waals surface area contributed by atoms with Crippen LogP contribution in [-0.2, 0) is 0 Å². The lowest BCUT2D eigenvalue weighted by Gasteiger charge is -2.28. The minimum atomic E-state index is -4.36. The van der Waals surface area contributed by atoms with Crippen LogP contribution in [0.4, 0.5) is 24.5 Å². The molecule has 5 heteroatoms. The van der Waals surface area contributed by atoms with Gasteiger partial charge in [0.15, 0.2) is 0 Å². The Morgan fingerprint density at radius 1 is 1.18 bits per heavy atom. The van der Waals surface area contributed by atoms with E-state index in [-0.39, 0.29) is 6.54 Å². The molecule has 0 unspecified atom stereocenters. The molecule has 0 N–H and O–H groups in total. The normalized spacial score (nSPS) is 15.6. The first kappa shape index (κ1) is 12.0. The van der Waals surface area contributed by atoms with Crippen molar-refractivity contribution in [2.75, 3.05) is 18.5 Å². The summed E-state index contributed by atoms with van der Waals surface area (Å²) in [5.74, 6) is 0. The Morgan fingerprint density at radius 3 is 2.35 bits per heavy atom. The number of benzene rings is 1. The largest absolute Gasteiger partial charge is 0.431 e. The molecule has 0 saturated heterocycles. The molecule has 1 aromatic rings. The molecule has 0 radical (unpaired) electrons. The summed E-state index contributed by atoms with van der Waals surface area (Å²) in [5.41, 5.74) is 2.41. The van der Waals surface area contributed by atoms with Gasteiger partial charge in [-0.05, 0) is 37.1 Å². The Labute approximate surface area is 97.8 Å². The van der Waals surface area contributed by atoms with E-state index in [1.54, 1.807) is 18.0 Å². The van der Waals surface area contributed by atoms with Crippen LogP contribution >= 0.6 is 0 Å². The fourth-order valence-electron chi connectivity index (χ4n) is 1.82. The topological polar surface area (TPSA) is 15.6 Å². The molecule has 1 aliphatic heterocycles. The molecule has 0 atom stereocenters. The van der Waals surface area contributed by atoms with E-state index in [0.717, 1.165) is 16.8 Å². The molecule has 2 nitrogen and oxygen atoms in total. The number of aliphatic imine (C=N–C) groups is 1. The lowest BCUT2D eigenvalue weighted by atomic mass is 10.1. The van der Waals surface area contributed by atoms with Gasteiger partial charge in [-0.3, -0.25) is 0 Å². The van der Waals surface area contributed by atoms with Gasteiger partial charge in [-0.1, -0.05) is 0 Å². The smallest absolute Gasteiger partial charge is 0.367 e. The van der Waals surface area contributed by atoms with Crippen molar-refractivity contribution in [3.05, 3.63) is 23.3 Å². The van der Waals surface area contributed by atoms with Crippen LogP contribution in [-0.4, -0.2) is 25.5 Å². The van der Waals surface area contributed by atoms with Crippen LogP contribution < -0.4 is 4.90 Å². The van der Waals surface area contributed by atoms with Gasteiger partial charge in [-0.2, -0.15) is 13.2 Å². The number of hydrogen-bond donors (Lipinski definition) is 0. The maximum absolute atomic E-state index is 12.6. The summed E-state index contributed by atoms with van der Waals surface area (Å²) in [7, 11) is 1.65. The average molecular weight is 242 g/mol. The third-order valence-electron chi connectivity index (χ3n) is 2.97. The van der Waals surface area contributed by atoms with Crippen molar-refractivity contribution in [1.29, 1.82) is 0 Å². The summed E-state index contributed by atoms with van der Waals surface area (Å²) < 4.78 is 37.9. The van der Waals surface area contributed by atoms with Crippen LogP contribution in [0, 0.1) is 13.8 Å². The van der Waals surface area contributed by atoms with Gasteiger partial charge in [-0.25, -0.2) is 4.99 Å².